The van der Waals surface area contributed by atoms with Crippen molar-refractivity contribution in [3.05, 3.63) is 0 Å². The van der Waals surface area contributed by atoms with Crippen LogP contribution in [-0.4, -0.2) is 22.2 Å². The molecule has 1 aliphatic carbocycles. The zero-order chi connectivity index (χ0) is 29.3. The summed E-state index contributed by atoms with van der Waals surface area (Å²) in [4.78, 5) is 21.6. The first-order chi connectivity index (χ1) is 19.5. The highest BCUT2D eigenvalue weighted by Crippen LogP contribution is 2.47. The van der Waals surface area contributed by atoms with Crippen LogP contribution in [0.1, 0.15) is 194 Å². The summed E-state index contributed by atoms with van der Waals surface area (Å²) in [5, 5.41) is 17.8. The van der Waals surface area contributed by atoms with E-state index in [1.165, 1.54) is 141 Å². The Balaban J connectivity index is 2.71. The minimum absolute atomic E-state index is 0.320. The van der Waals surface area contributed by atoms with Gasteiger partial charge in [-0.1, -0.05) is 142 Å². The molecule has 0 radical (unpaired) electrons. The second-order valence-corrected chi connectivity index (χ2v) is 13.2. The summed E-state index contributed by atoms with van der Waals surface area (Å²) >= 11 is 0. The van der Waals surface area contributed by atoms with Crippen LogP contribution in [0, 0.1) is 23.7 Å². The van der Waals surface area contributed by atoms with Crippen LogP contribution in [0.2, 0.25) is 0 Å². The number of hydrogen-bond donors (Lipinski definition) is 2. The molecular formula is C36H68O4. The Morgan fingerprint density at radius 3 is 1.12 bits per heavy atom. The lowest BCUT2D eigenvalue weighted by Crippen LogP contribution is -2.35. The Morgan fingerprint density at radius 2 is 0.750 bits per heavy atom. The third-order valence-electron chi connectivity index (χ3n) is 9.88. The fourth-order valence-electron chi connectivity index (χ4n) is 7.57. The minimum atomic E-state index is -0.660. The molecular weight excluding hydrogens is 496 g/mol. The number of carboxylic acids is 2. The van der Waals surface area contributed by atoms with Gasteiger partial charge in [-0.2, -0.15) is 0 Å². The van der Waals surface area contributed by atoms with Crippen LogP contribution in [0.15, 0.2) is 0 Å². The fourth-order valence-corrected chi connectivity index (χ4v) is 7.57. The van der Waals surface area contributed by atoms with Crippen LogP contribution in [0.25, 0.3) is 0 Å². The molecule has 0 spiro atoms. The van der Waals surface area contributed by atoms with Crippen molar-refractivity contribution in [3.8, 4) is 0 Å². The summed E-state index contributed by atoms with van der Waals surface area (Å²) in [6.07, 6.45) is 34.3. The highest BCUT2D eigenvalue weighted by Gasteiger charge is 2.37. The van der Waals surface area contributed by atoms with Crippen LogP contribution in [0.4, 0.5) is 0 Å². The molecule has 236 valence electrons. The average molecular weight is 565 g/mol. The Bertz CT molecular complexity index is 604. The van der Waals surface area contributed by atoms with Crippen LogP contribution in [0.3, 0.4) is 0 Å². The van der Waals surface area contributed by atoms with Crippen molar-refractivity contribution in [1.82, 2.24) is 0 Å². The van der Waals surface area contributed by atoms with Gasteiger partial charge in [0.05, 0.1) is 0 Å². The van der Waals surface area contributed by atoms with Gasteiger partial charge >= 0.3 is 11.9 Å². The molecule has 0 aromatic heterocycles. The molecule has 1 fully saturated rings. The smallest absolute Gasteiger partial charge is 0.303 e. The van der Waals surface area contributed by atoms with E-state index in [-0.39, 0.29) is 0 Å². The molecule has 2 N–H and O–H groups in total. The van der Waals surface area contributed by atoms with Gasteiger partial charge in [0.1, 0.15) is 0 Å². The number of rotatable bonds is 28. The van der Waals surface area contributed by atoms with Crippen LogP contribution >= 0.6 is 0 Å². The minimum Gasteiger partial charge on any atom is -0.481 e. The van der Waals surface area contributed by atoms with Crippen molar-refractivity contribution in [2.24, 2.45) is 23.7 Å². The van der Waals surface area contributed by atoms with Crippen LogP contribution < -0.4 is 0 Å². The van der Waals surface area contributed by atoms with Crippen molar-refractivity contribution >= 4 is 11.9 Å². The van der Waals surface area contributed by atoms with Crippen molar-refractivity contribution < 1.29 is 19.8 Å². The van der Waals surface area contributed by atoms with Gasteiger partial charge in [-0.15, -0.1) is 0 Å². The molecule has 4 unspecified atom stereocenters. The van der Waals surface area contributed by atoms with E-state index < -0.39 is 11.9 Å². The molecule has 0 bridgehead atoms. The van der Waals surface area contributed by atoms with E-state index in [1.807, 2.05) is 0 Å². The molecule has 40 heavy (non-hydrogen) atoms. The van der Waals surface area contributed by atoms with Crippen molar-refractivity contribution in [3.63, 3.8) is 0 Å². The molecule has 0 saturated heterocycles. The lowest BCUT2D eigenvalue weighted by Gasteiger charge is -2.44. The van der Waals surface area contributed by atoms with Crippen molar-refractivity contribution in [2.45, 2.75) is 194 Å². The van der Waals surface area contributed by atoms with E-state index in [0.717, 1.165) is 49.4 Å². The molecule has 0 aromatic rings. The fraction of sp³-hybridized carbons (Fsp3) is 0.944. The summed E-state index contributed by atoms with van der Waals surface area (Å²) in [6, 6.07) is 0. The van der Waals surface area contributed by atoms with Crippen LogP contribution in [0.5, 0.6) is 0 Å². The van der Waals surface area contributed by atoms with Gasteiger partial charge < -0.3 is 10.2 Å². The number of unbranched alkanes of at least 4 members (excludes halogenated alkanes) is 16. The van der Waals surface area contributed by atoms with Gasteiger partial charge in [-0.25, -0.2) is 0 Å². The predicted octanol–water partition coefficient (Wildman–Crippen LogP) is 11.6. The maximum Gasteiger partial charge on any atom is 0.303 e. The maximum absolute atomic E-state index is 10.8. The quantitative estimate of drug-likeness (QED) is 0.0927. The molecule has 0 heterocycles. The van der Waals surface area contributed by atoms with Gasteiger partial charge in [0.2, 0.25) is 0 Å². The van der Waals surface area contributed by atoms with E-state index in [9.17, 15) is 9.59 Å². The molecule has 1 rings (SSSR count). The molecule has 0 aliphatic heterocycles. The second-order valence-electron chi connectivity index (χ2n) is 13.2. The third-order valence-corrected chi connectivity index (χ3v) is 9.88. The number of aliphatic carboxylic acids is 2. The van der Waals surface area contributed by atoms with E-state index in [2.05, 4.69) is 13.8 Å². The van der Waals surface area contributed by atoms with Gasteiger partial charge in [0.25, 0.3) is 0 Å². The summed E-state index contributed by atoms with van der Waals surface area (Å²) in [5.41, 5.74) is 0. The van der Waals surface area contributed by atoms with E-state index in [4.69, 9.17) is 10.2 Å². The monoisotopic (exact) mass is 565 g/mol. The average Bonchev–Trinajstić information content (AvgIpc) is 2.92. The second kappa shape index (κ2) is 25.6. The normalized spacial score (nSPS) is 21.1. The Morgan fingerprint density at radius 1 is 0.450 bits per heavy atom. The van der Waals surface area contributed by atoms with Gasteiger partial charge in [0, 0.05) is 12.8 Å². The zero-order valence-corrected chi connectivity index (χ0v) is 26.8. The summed E-state index contributed by atoms with van der Waals surface area (Å²) in [7, 11) is 0. The topological polar surface area (TPSA) is 74.6 Å². The molecule has 1 aliphatic rings. The van der Waals surface area contributed by atoms with Crippen LogP contribution in [-0.2, 0) is 9.59 Å². The summed E-state index contributed by atoms with van der Waals surface area (Å²) < 4.78 is 0. The third kappa shape index (κ3) is 19.1. The van der Waals surface area contributed by atoms with Crippen molar-refractivity contribution in [1.29, 1.82) is 0 Å². The van der Waals surface area contributed by atoms with E-state index in [0.29, 0.717) is 12.8 Å². The standard InChI is InChI=1S/C36H68O4/c1-3-5-7-9-13-19-25-33-31(23-17-8-6-4-2)29-30-32(24-18-12-10-15-21-27-35(37)38)34(33)26-20-14-11-16-22-28-36(39)40/h31-34H,3-30H2,1-2H3,(H,37,38)(H,39,40). The first-order valence-electron chi connectivity index (χ1n) is 17.9. The van der Waals surface area contributed by atoms with E-state index >= 15 is 0 Å². The zero-order valence-electron chi connectivity index (χ0n) is 26.8. The molecule has 4 atom stereocenters. The molecule has 0 aromatic carbocycles. The highest BCUT2D eigenvalue weighted by molar-refractivity contribution is 5.66. The SMILES string of the molecule is CCCCCCCCC1C(CCCCCC)CCC(CCCCCCCC(=O)O)C1CCCCCCCC(=O)O. The number of hydrogen-bond acceptors (Lipinski definition) is 2. The first-order valence-corrected chi connectivity index (χ1v) is 17.9. The summed E-state index contributed by atoms with van der Waals surface area (Å²) in [6.45, 7) is 4.62. The molecule has 1 saturated carbocycles. The first kappa shape index (κ1) is 37.0. The largest absolute Gasteiger partial charge is 0.481 e. The number of carbonyl (C=O) groups is 2. The Hall–Kier alpha value is -1.06. The van der Waals surface area contributed by atoms with Crippen molar-refractivity contribution in [2.75, 3.05) is 0 Å². The van der Waals surface area contributed by atoms with Gasteiger partial charge in [-0.05, 0) is 62.2 Å². The predicted molar refractivity (Wildman–Crippen MR) is 170 cm³/mol. The Kier molecular flexibility index (Phi) is 23.7. The Labute approximate surface area is 248 Å². The van der Waals surface area contributed by atoms with Gasteiger partial charge in [0.15, 0.2) is 0 Å². The molecule has 0 amide bonds. The molecule has 4 heteroatoms. The summed E-state index contributed by atoms with van der Waals surface area (Å²) in [5.74, 6) is 2.28. The lowest BCUT2D eigenvalue weighted by atomic mass is 9.61. The maximum atomic E-state index is 10.8. The van der Waals surface area contributed by atoms with E-state index in [1.54, 1.807) is 0 Å². The van der Waals surface area contributed by atoms with Gasteiger partial charge in [-0.3, -0.25) is 9.59 Å². The molecule has 4 nitrogen and oxygen atoms in total. The number of carboxylic acid groups (broad SMARTS) is 2. The highest BCUT2D eigenvalue weighted by atomic mass is 16.4. The lowest BCUT2D eigenvalue weighted by molar-refractivity contribution is -0.138.